The zero-order valence-corrected chi connectivity index (χ0v) is 76.8. The largest absolute Gasteiger partial charge is 0.496 e. The molecule has 1 saturated carbocycles. The third-order valence-electron chi connectivity index (χ3n) is 27.1. The minimum atomic E-state index is -2.57. The summed E-state index contributed by atoms with van der Waals surface area (Å²) < 4.78 is 18.0. The summed E-state index contributed by atoms with van der Waals surface area (Å²) in [5, 5.41) is 110. The maximum absolute atomic E-state index is 15.7. The molecular weight excluding hydrogens is 1800 g/mol. The number of hydrogen-bond donors (Lipinski definition) is 18. The van der Waals surface area contributed by atoms with Crippen molar-refractivity contribution in [3.63, 3.8) is 0 Å². The molecule has 2 unspecified atom stereocenters. The topological polar surface area (TPSA) is 662 Å². The first-order chi connectivity index (χ1) is 64.2. The summed E-state index contributed by atoms with van der Waals surface area (Å²) in [5.74, 6) is -23.0. The molecule has 3 aromatic heterocycles. The van der Waals surface area contributed by atoms with Gasteiger partial charge in [-0.2, -0.15) is 4.98 Å². The van der Waals surface area contributed by atoms with E-state index in [1.807, 2.05) is 67.3 Å². The number of nitrogens with zero attached hydrogens (tertiary/aromatic N) is 6. The van der Waals surface area contributed by atoms with Crippen LogP contribution < -0.4 is 53.2 Å². The first-order valence-electron chi connectivity index (χ1n) is 44.6. The number of rotatable bonds is 47. The van der Waals surface area contributed by atoms with Gasteiger partial charge in [0.2, 0.25) is 17.8 Å². The molecule has 42 nitrogen and oxygen atoms in total. The third-order valence-corrected chi connectivity index (χ3v) is 29.6. The van der Waals surface area contributed by atoms with Gasteiger partial charge >= 0.3 is 41.8 Å². The van der Waals surface area contributed by atoms with Crippen molar-refractivity contribution in [2.45, 2.75) is 194 Å². The van der Waals surface area contributed by atoms with Crippen molar-refractivity contribution in [2.24, 2.45) is 34.8 Å². The molecule has 726 valence electrons. The van der Waals surface area contributed by atoms with Crippen LogP contribution in [0.3, 0.4) is 0 Å². The minimum absolute atomic E-state index is 0.00726. The molecule has 44 heteroatoms. The number of aliphatic carboxylic acids is 5. The van der Waals surface area contributed by atoms with Gasteiger partial charge in [0, 0.05) is 145 Å². The molecule has 12 rings (SSSR count). The van der Waals surface area contributed by atoms with Gasteiger partial charge in [0.15, 0.2) is 40.1 Å². The van der Waals surface area contributed by atoms with E-state index in [1.54, 1.807) is 7.05 Å². The Labute approximate surface area is 781 Å². The maximum atomic E-state index is 15.7. The van der Waals surface area contributed by atoms with E-state index in [2.05, 4.69) is 61.3 Å². The molecule has 3 aromatic carbocycles. The highest BCUT2D eigenvalue weighted by Crippen LogP contribution is 2.68. The van der Waals surface area contributed by atoms with Crippen LogP contribution >= 0.6 is 21.6 Å². The van der Waals surface area contributed by atoms with E-state index < -0.39 is 240 Å². The number of esters is 2. The van der Waals surface area contributed by atoms with Crippen LogP contribution in [0, 0.1) is 34.5 Å². The fourth-order valence-electron chi connectivity index (χ4n) is 20.9. The number of aromatic amines is 2. The lowest BCUT2D eigenvalue weighted by molar-refractivity contribution is -0.202. The number of ketones is 4. The molecule has 2 bridgehead atoms. The number of nitrogens with one attached hydrogen (secondary N) is 8. The fraction of sp³-hybridized carbons (Fsp3) is 0.527. The molecule has 2 saturated heterocycles. The van der Waals surface area contributed by atoms with E-state index >= 15 is 9.59 Å². The summed E-state index contributed by atoms with van der Waals surface area (Å²) in [6.45, 7) is 6.15. The molecule has 0 radical (unpaired) electrons. The zero-order valence-electron chi connectivity index (χ0n) is 75.2. The molecule has 1 spiro atoms. The van der Waals surface area contributed by atoms with Crippen molar-refractivity contribution in [1.29, 1.82) is 5.41 Å². The number of aliphatic hydroxyl groups is 3. The van der Waals surface area contributed by atoms with Crippen molar-refractivity contribution in [1.82, 2.24) is 56.0 Å². The van der Waals surface area contributed by atoms with Crippen LogP contribution in [0.15, 0.2) is 83.8 Å². The number of ether oxygens (including phenoxy) is 3. The van der Waals surface area contributed by atoms with Crippen LogP contribution in [0.4, 0.5) is 17.3 Å². The smallest absolute Gasteiger partial charge is 0.326 e. The van der Waals surface area contributed by atoms with Gasteiger partial charge in [0.25, 0.3) is 11.5 Å². The van der Waals surface area contributed by atoms with Gasteiger partial charge in [-0.15, -0.1) is 0 Å². The Balaban J connectivity index is 0.657. The standard InChI is InChI=1S/C91H114N16O26S2/c1-6-87(129)40-47-41-90(84(128)132-5,73-56(23-28-106(44-47)46-87)55-12-8-9-13-59(55)99-73)58-37-57-63(39-66(58)131-4)105(3)82-89(57)25-29-107-27-11-24-88(7-2,81(89)107)83(127)91(82,130)67(111)21-22-71(118)133-30-31-134-135-45-51(79(123)124)34-65(110)62(38-70(116)117)102-77(121)50(36-69(114)115)33-64(109)60(14-10-26-95-85(92)93)100-76(120)49(35-68(112)113)32-54(108)19-20-61(80(125)126)101-75(119)48-15-17-52(18-16-48)96-42-53-43-97-74-72(98-53)78(122)104-86(94)103-74/h8-9,11-13,15-18,24,37,39,43,47,49-51,60-62,81-83,96,99,127,129-130H,6-7,10,14,19-23,25-36,38,40-42,44-46H2,1-5H3,(H,100,120)(H,101,119)(H,102,121)(H,112,113)(H,114,115)(H,116,117)(H,123,124)(H,125,126)(H4,92,93,95)(H3,94,97,103,104,122)/t47?,49-,50-,51-,60-,61-,62-,81+,82-,83-,87+,88-,89-,90+,91+/m1/s1. The first kappa shape index (κ1) is 101. The highest BCUT2D eigenvalue weighted by Gasteiger charge is 2.78. The lowest BCUT2D eigenvalue weighted by Crippen LogP contribution is -2.80. The van der Waals surface area contributed by atoms with Gasteiger partial charge in [0.1, 0.15) is 35.7 Å². The molecule has 6 aromatic rings. The average molecular weight is 1910 g/mol. The summed E-state index contributed by atoms with van der Waals surface area (Å²) in [5.41, 5.74) is 7.70. The van der Waals surface area contributed by atoms with E-state index in [0.717, 1.165) is 38.1 Å². The van der Waals surface area contributed by atoms with Crippen molar-refractivity contribution < 1.29 is 122 Å². The predicted molar refractivity (Wildman–Crippen MR) is 490 cm³/mol. The molecule has 5 aliphatic heterocycles. The molecule has 16 atom stereocenters. The van der Waals surface area contributed by atoms with Crippen LogP contribution in [-0.4, -0.2) is 290 Å². The van der Waals surface area contributed by atoms with Gasteiger partial charge < -0.3 is 103 Å². The molecule has 135 heavy (non-hydrogen) atoms. The minimum Gasteiger partial charge on any atom is -0.496 e. The number of para-hydroxylation sites is 1. The number of benzene rings is 3. The molecule has 3 fully saturated rings. The SMILES string of the molecule is CC[C@]1(O)CC2CN(CCc3c([nH]c4ccccc34)[C@@](C(=O)OC)(c3cc4c(cc3OC)N(C)[C@H]3[C@@](O)(C(=O)CCC(=O)OCCSSC[C@@H](CC(=O)[C@@H](CC(=O)O)NC(=O)[C@@H](CC(=O)O)CC(=O)[C@@H](CCCNC(=N)N)NC(=O)[C@@H](CC(=O)O)CC(=O)CC[C@@H](NC(=O)c5ccc(NCc6cnc7nc(N)[nH]c(=O)c7n6)cc5)C(=O)O)C(=O)O)[C@H](O)[C@]5(CC)C=CCN6CC[C@]43[C@@H]65)C2)C1. The lowest BCUT2D eigenvalue weighted by atomic mass is 9.47. The number of anilines is 3. The second-order valence-corrected chi connectivity index (χ2v) is 38.2. The lowest BCUT2D eigenvalue weighted by Gasteiger charge is -2.63. The van der Waals surface area contributed by atoms with Crippen LogP contribution in [-0.2, 0) is 95.6 Å². The maximum Gasteiger partial charge on any atom is 0.326 e. The number of amides is 3. The monoisotopic (exact) mass is 1910 g/mol. The molecule has 3 amide bonds. The molecule has 1 aliphatic carbocycles. The Morgan fingerprint density at radius 3 is 2.10 bits per heavy atom. The second kappa shape index (κ2) is 43.0. The first-order valence-corrected chi connectivity index (χ1v) is 47.0. The summed E-state index contributed by atoms with van der Waals surface area (Å²) in [6.07, 6.45) is -3.20. The summed E-state index contributed by atoms with van der Waals surface area (Å²) in [4.78, 5) is 227. The van der Waals surface area contributed by atoms with Gasteiger partial charge in [-0.1, -0.05) is 65.8 Å². The Kier molecular flexibility index (Phi) is 32.3. The Hall–Kier alpha value is -12.5. The zero-order chi connectivity index (χ0) is 97.9. The number of aromatic nitrogens is 5. The molecule has 8 heterocycles. The number of nitrogens with two attached hydrogens (primary N) is 2. The Morgan fingerprint density at radius 1 is 0.741 bits per heavy atom. The summed E-state index contributed by atoms with van der Waals surface area (Å²) in [6, 6.07) is 10.3. The number of guanidine groups is 1. The van der Waals surface area contributed by atoms with E-state index in [4.69, 9.17) is 31.1 Å². The van der Waals surface area contributed by atoms with Gasteiger partial charge in [-0.3, -0.25) is 87.3 Å². The number of hydrogen-bond acceptors (Lipinski definition) is 32. The number of piperidine rings is 1. The number of methoxy groups -OCH3 is 2. The number of carboxylic acids is 5. The van der Waals surface area contributed by atoms with E-state index in [9.17, 15) is 103 Å². The van der Waals surface area contributed by atoms with Crippen LogP contribution in [0.2, 0.25) is 0 Å². The van der Waals surface area contributed by atoms with Crippen LogP contribution in [0.1, 0.15) is 161 Å². The highest BCUT2D eigenvalue weighted by molar-refractivity contribution is 8.76. The van der Waals surface area contributed by atoms with Crippen molar-refractivity contribution in [3.8, 4) is 5.75 Å². The quantitative estimate of drug-likeness (QED) is 0.00652. The summed E-state index contributed by atoms with van der Waals surface area (Å²) >= 11 is 0. The number of nitrogen functional groups attached to an aromatic ring is 1. The molecular formula is C91H114N16O26S2. The van der Waals surface area contributed by atoms with Gasteiger partial charge in [-0.25, -0.2) is 14.8 Å². The van der Waals surface area contributed by atoms with Gasteiger partial charge in [-0.05, 0) is 118 Å². The van der Waals surface area contributed by atoms with Crippen LogP contribution in [0.25, 0.3) is 22.1 Å². The van der Waals surface area contributed by atoms with E-state index in [1.165, 1.54) is 44.7 Å². The van der Waals surface area contributed by atoms with E-state index in [0.29, 0.717) is 98.0 Å². The summed E-state index contributed by atoms with van der Waals surface area (Å²) in [7, 11) is 6.55. The number of carbonyl (C=O) groups excluding carboxylic acids is 9. The number of H-pyrrole nitrogens is 2. The van der Waals surface area contributed by atoms with E-state index in [-0.39, 0.29) is 85.5 Å². The molecule has 20 N–H and O–H groups in total. The number of Topliss-reactive ketones (excluding diaryl/α,β-unsaturated/α-hetero) is 4. The predicted octanol–water partition coefficient (Wildman–Crippen LogP) is 2.87. The van der Waals surface area contributed by atoms with Crippen molar-refractivity contribution in [2.75, 3.05) is 94.6 Å². The number of carbonyl (C=O) groups is 14. The second-order valence-electron chi connectivity index (χ2n) is 35.6. The highest BCUT2D eigenvalue weighted by atomic mass is 33.1. The normalized spacial score (nSPS) is 23.8. The molecule has 6 aliphatic rings. The van der Waals surface area contributed by atoms with Gasteiger partial charge in [0.05, 0.1) is 99.8 Å². The average Bonchev–Trinajstić information content (AvgIpc) is 1.48. The Bertz CT molecular complexity index is 5680. The third kappa shape index (κ3) is 21.9. The van der Waals surface area contributed by atoms with Crippen molar-refractivity contribution >= 4 is 150 Å². The van der Waals surface area contributed by atoms with Crippen LogP contribution in [0.5, 0.6) is 5.75 Å². The van der Waals surface area contributed by atoms with Crippen molar-refractivity contribution in [3.05, 3.63) is 123 Å². The Morgan fingerprint density at radius 2 is 1.43 bits per heavy atom. The number of aliphatic hydroxyl groups excluding tert-OH is 1. The number of likely N-dealkylation sites (N-methyl/N-ethyl adjacent to an activating group) is 1. The number of fused-ring (bicyclic) bond motifs is 7. The number of carboxylic acid groups (broad SMARTS) is 5. The fourth-order valence-corrected chi connectivity index (χ4v) is 23.0.